The number of ether oxygens (including phenoxy) is 1. The van der Waals surface area contributed by atoms with Gasteiger partial charge in [0, 0.05) is 30.9 Å². The summed E-state index contributed by atoms with van der Waals surface area (Å²) in [6.07, 6.45) is -2.54. The predicted octanol–water partition coefficient (Wildman–Crippen LogP) is 4.63. The Morgan fingerprint density at radius 3 is 2.73 bits per heavy atom. The largest absolute Gasteiger partial charge is 0.465 e. The number of benzene rings is 1. The van der Waals surface area contributed by atoms with Crippen LogP contribution in [0.5, 0.6) is 0 Å². The fraction of sp³-hybridized carbons (Fsp3) is 0.350. The second-order valence-corrected chi connectivity index (χ2v) is 7.56. The number of methoxy groups -OCH3 is 1. The van der Waals surface area contributed by atoms with Crippen molar-refractivity contribution >= 4 is 34.4 Å². The Kier molecular flexibility index (Phi) is 5.31. The van der Waals surface area contributed by atoms with Crippen LogP contribution in [0.3, 0.4) is 0 Å². The minimum Gasteiger partial charge on any atom is -0.465 e. The molecule has 1 aliphatic heterocycles. The van der Waals surface area contributed by atoms with Crippen molar-refractivity contribution in [3.8, 4) is 0 Å². The number of hydrogen-bond donors (Lipinski definition) is 0. The van der Waals surface area contributed by atoms with Crippen molar-refractivity contribution in [2.24, 2.45) is 0 Å². The highest BCUT2D eigenvalue weighted by Crippen LogP contribution is 2.41. The summed E-state index contributed by atoms with van der Waals surface area (Å²) >= 11 is 6.59. The maximum Gasteiger partial charge on any atom is 0.417 e. The third kappa shape index (κ3) is 3.69. The second-order valence-electron chi connectivity index (χ2n) is 7.00. The molecule has 1 saturated heterocycles. The molecule has 1 fully saturated rings. The van der Waals surface area contributed by atoms with Crippen LogP contribution in [-0.2, 0) is 10.9 Å². The van der Waals surface area contributed by atoms with Gasteiger partial charge in [-0.05, 0) is 30.7 Å². The average Bonchev–Trinajstić information content (AvgIpc) is 3.16. The molecular formula is C20H17ClF3N3O3. The summed E-state index contributed by atoms with van der Waals surface area (Å²) in [5.74, 6) is -0.462. The van der Waals surface area contributed by atoms with E-state index < -0.39 is 23.1 Å². The number of rotatable bonds is 3. The van der Waals surface area contributed by atoms with Gasteiger partial charge < -0.3 is 14.2 Å². The minimum atomic E-state index is -4.52. The van der Waals surface area contributed by atoms with Crippen molar-refractivity contribution in [2.75, 3.05) is 25.1 Å². The topological polar surface area (TPSA) is 68.5 Å². The van der Waals surface area contributed by atoms with Gasteiger partial charge in [0.2, 0.25) is 0 Å². The van der Waals surface area contributed by atoms with Crippen LogP contribution in [-0.4, -0.2) is 41.7 Å². The lowest BCUT2D eigenvalue weighted by atomic mass is 9.92. The summed E-state index contributed by atoms with van der Waals surface area (Å²) in [5, 5.41) is 3.41. The molecular weight excluding hydrogens is 423 g/mol. The number of carbonyl (C=O) groups excluding carboxylic acids is 1. The molecule has 0 aliphatic carbocycles. The van der Waals surface area contributed by atoms with E-state index in [4.69, 9.17) is 16.1 Å². The van der Waals surface area contributed by atoms with E-state index in [0.29, 0.717) is 24.2 Å². The molecule has 10 heteroatoms. The van der Waals surface area contributed by atoms with Gasteiger partial charge in [-0.1, -0.05) is 11.2 Å². The first-order valence-electron chi connectivity index (χ1n) is 9.18. The number of halogens is 4. The Labute approximate surface area is 174 Å². The van der Waals surface area contributed by atoms with Crippen molar-refractivity contribution in [3.05, 3.63) is 53.3 Å². The molecule has 1 aliphatic rings. The van der Waals surface area contributed by atoms with E-state index in [2.05, 4.69) is 14.9 Å². The Balaban J connectivity index is 1.57. The van der Waals surface area contributed by atoms with Gasteiger partial charge in [0.25, 0.3) is 0 Å². The van der Waals surface area contributed by atoms with Crippen LogP contribution in [0, 0.1) is 0 Å². The molecule has 3 aromatic rings. The van der Waals surface area contributed by atoms with Crippen molar-refractivity contribution in [1.29, 1.82) is 0 Å². The first-order valence-corrected chi connectivity index (χ1v) is 9.62. The number of hydrogen-bond acceptors (Lipinski definition) is 6. The van der Waals surface area contributed by atoms with Gasteiger partial charge in [-0.3, -0.25) is 4.98 Å². The van der Waals surface area contributed by atoms with E-state index in [0.717, 1.165) is 6.07 Å². The van der Waals surface area contributed by atoms with Gasteiger partial charge in [0.15, 0.2) is 11.4 Å². The molecule has 2 atom stereocenters. The molecule has 30 heavy (non-hydrogen) atoms. The minimum absolute atomic E-state index is 0.0622. The monoisotopic (exact) mass is 439 g/mol. The number of fused-ring (bicyclic) bond motifs is 1. The predicted molar refractivity (Wildman–Crippen MR) is 104 cm³/mol. The molecule has 0 saturated carbocycles. The number of piperidine rings is 1. The molecule has 3 heterocycles. The van der Waals surface area contributed by atoms with Gasteiger partial charge in [-0.15, -0.1) is 11.6 Å². The maximum atomic E-state index is 13.5. The van der Waals surface area contributed by atoms with E-state index in [1.807, 2.05) is 0 Å². The van der Waals surface area contributed by atoms with Crippen LogP contribution in [0.15, 0.2) is 41.1 Å². The fourth-order valence-corrected chi connectivity index (χ4v) is 4.14. The quantitative estimate of drug-likeness (QED) is 0.438. The molecule has 1 aromatic carbocycles. The van der Waals surface area contributed by atoms with E-state index in [9.17, 15) is 18.0 Å². The SMILES string of the molecule is COC(=O)c1ccc(C2CCN(c3noc4cccc(C(F)(F)F)c34)CC2Cl)nc1. The lowest BCUT2D eigenvalue weighted by molar-refractivity contribution is -0.136. The molecule has 0 bridgehead atoms. The maximum absolute atomic E-state index is 13.5. The van der Waals surface area contributed by atoms with Crippen LogP contribution in [0.4, 0.5) is 19.0 Å². The zero-order valence-electron chi connectivity index (χ0n) is 15.8. The Morgan fingerprint density at radius 1 is 1.30 bits per heavy atom. The van der Waals surface area contributed by atoms with Crippen molar-refractivity contribution in [3.63, 3.8) is 0 Å². The van der Waals surface area contributed by atoms with E-state index in [1.54, 1.807) is 17.0 Å². The van der Waals surface area contributed by atoms with E-state index in [-0.39, 0.29) is 29.2 Å². The van der Waals surface area contributed by atoms with Gasteiger partial charge in [0.1, 0.15) is 0 Å². The third-order valence-electron chi connectivity index (χ3n) is 5.21. The van der Waals surface area contributed by atoms with Crippen LogP contribution in [0.1, 0.15) is 34.0 Å². The van der Waals surface area contributed by atoms with E-state index in [1.165, 1.54) is 25.4 Å². The molecule has 0 amide bonds. The van der Waals surface area contributed by atoms with Gasteiger partial charge >= 0.3 is 12.1 Å². The normalized spacial score (nSPS) is 19.8. The molecule has 0 N–H and O–H groups in total. The summed E-state index contributed by atoms with van der Waals surface area (Å²) in [4.78, 5) is 17.6. The van der Waals surface area contributed by atoms with Gasteiger partial charge in [0.05, 0.1) is 29.0 Å². The number of esters is 1. The molecule has 0 radical (unpaired) electrons. The molecule has 2 unspecified atom stereocenters. The fourth-order valence-electron chi connectivity index (χ4n) is 3.72. The Bertz CT molecular complexity index is 1070. The molecule has 4 rings (SSSR count). The molecule has 0 spiro atoms. The summed E-state index contributed by atoms with van der Waals surface area (Å²) in [7, 11) is 1.29. The van der Waals surface area contributed by atoms with Gasteiger partial charge in [-0.25, -0.2) is 4.79 Å². The lowest BCUT2D eigenvalue weighted by Crippen LogP contribution is -2.41. The van der Waals surface area contributed by atoms with Crippen molar-refractivity contribution in [1.82, 2.24) is 10.1 Å². The number of alkyl halides is 4. The van der Waals surface area contributed by atoms with Crippen LogP contribution >= 0.6 is 11.6 Å². The summed E-state index contributed by atoms with van der Waals surface area (Å²) in [6.45, 7) is 0.711. The first kappa shape index (κ1) is 20.5. The smallest absolute Gasteiger partial charge is 0.417 e. The number of carbonyl (C=O) groups is 1. The Morgan fingerprint density at radius 2 is 2.10 bits per heavy atom. The summed E-state index contributed by atoms with van der Waals surface area (Å²) in [5.41, 5.74) is 0.333. The molecule has 158 valence electrons. The average molecular weight is 440 g/mol. The molecule has 2 aromatic heterocycles. The second kappa shape index (κ2) is 7.79. The third-order valence-corrected chi connectivity index (χ3v) is 5.66. The Hall–Kier alpha value is -2.81. The molecule has 6 nitrogen and oxygen atoms in total. The van der Waals surface area contributed by atoms with Crippen molar-refractivity contribution < 1.29 is 27.2 Å². The lowest BCUT2D eigenvalue weighted by Gasteiger charge is -2.35. The number of pyridine rings is 1. The summed E-state index contributed by atoms with van der Waals surface area (Å²) < 4.78 is 50.2. The standard InChI is InChI=1S/C20H17ClF3N3O3/c1-29-19(28)11-5-6-15(25-9-11)12-7-8-27(10-14(12)21)18-17-13(20(22,23)24)3-2-4-16(17)30-26-18/h2-6,9,12,14H,7-8,10H2,1H3. The van der Waals surface area contributed by atoms with Crippen molar-refractivity contribution in [2.45, 2.75) is 23.9 Å². The number of anilines is 1. The highest BCUT2D eigenvalue weighted by atomic mass is 35.5. The highest BCUT2D eigenvalue weighted by molar-refractivity contribution is 6.21. The van der Waals surface area contributed by atoms with Gasteiger partial charge in [-0.2, -0.15) is 13.2 Å². The van der Waals surface area contributed by atoms with Crippen LogP contribution in [0.2, 0.25) is 0 Å². The number of nitrogens with zero attached hydrogens (tertiary/aromatic N) is 3. The van der Waals surface area contributed by atoms with E-state index >= 15 is 0 Å². The highest BCUT2D eigenvalue weighted by Gasteiger charge is 2.37. The number of aromatic nitrogens is 2. The zero-order chi connectivity index (χ0) is 21.5. The summed E-state index contributed by atoms with van der Waals surface area (Å²) in [6, 6.07) is 7.10. The first-order chi connectivity index (χ1) is 14.3. The van der Waals surface area contributed by atoms with Crippen LogP contribution in [0.25, 0.3) is 11.0 Å². The van der Waals surface area contributed by atoms with Crippen LogP contribution < -0.4 is 4.90 Å². The zero-order valence-corrected chi connectivity index (χ0v) is 16.6.